The molecule has 0 fully saturated rings. The molecule has 1 aliphatic rings. The fourth-order valence-corrected chi connectivity index (χ4v) is 6.52. The molecule has 8 rings (SSSR count). The Labute approximate surface area is 234 Å². The van der Waals surface area contributed by atoms with E-state index in [4.69, 9.17) is 4.42 Å². The second kappa shape index (κ2) is 9.10. The fourth-order valence-electron chi connectivity index (χ4n) is 6.52. The second-order valence-electron chi connectivity index (χ2n) is 11.0. The van der Waals surface area contributed by atoms with Crippen LogP contribution in [-0.2, 0) is 6.42 Å². The molecule has 7 aromatic rings. The highest BCUT2D eigenvalue weighted by Crippen LogP contribution is 2.45. The molecular formula is C39H28O. The molecule has 1 heterocycles. The van der Waals surface area contributed by atoms with E-state index in [9.17, 15) is 0 Å². The summed E-state index contributed by atoms with van der Waals surface area (Å²) in [5.74, 6) is 1.55. The lowest BCUT2D eigenvalue weighted by molar-refractivity contribution is 0.584. The standard InChI is InChI=1S/C39H28O/c1-25-15-22-36-35(23-25)30-21-20-29(24-37(30)40-36)39-33-13-7-5-11-31(33)38(32-12-6-8-14-34(32)39)28-18-16-27(17-19-28)26-9-3-2-4-10-26/h2-22,24-25H,23H2,1H3. The molecule has 1 aromatic heterocycles. The van der Waals surface area contributed by atoms with Crippen molar-refractivity contribution in [3.63, 3.8) is 0 Å². The van der Waals surface area contributed by atoms with Crippen molar-refractivity contribution in [1.82, 2.24) is 0 Å². The lowest BCUT2D eigenvalue weighted by Gasteiger charge is -2.18. The Balaban J connectivity index is 1.35. The number of fused-ring (bicyclic) bond motifs is 5. The highest BCUT2D eigenvalue weighted by atomic mass is 16.3. The molecule has 0 saturated carbocycles. The van der Waals surface area contributed by atoms with Crippen LogP contribution in [-0.4, -0.2) is 0 Å². The van der Waals surface area contributed by atoms with Crippen LogP contribution >= 0.6 is 0 Å². The van der Waals surface area contributed by atoms with Crippen LogP contribution in [0, 0.1) is 5.92 Å². The predicted molar refractivity (Wildman–Crippen MR) is 169 cm³/mol. The maximum atomic E-state index is 6.38. The zero-order valence-corrected chi connectivity index (χ0v) is 22.4. The van der Waals surface area contributed by atoms with Crippen LogP contribution in [0.2, 0.25) is 0 Å². The van der Waals surface area contributed by atoms with E-state index in [0.717, 1.165) is 17.8 Å². The molecule has 190 valence electrons. The molecule has 1 atom stereocenters. The molecule has 0 amide bonds. The average molecular weight is 513 g/mol. The molecule has 1 unspecified atom stereocenters. The van der Waals surface area contributed by atoms with E-state index in [1.54, 1.807) is 0 Å². The van der Waals surface area contributed by atoms with Gasteiger partial charge in [0.15, 0.2) is 0 Å². The minimum absolute atomic E-state index is 0.537. The third-order valence-electron chi connectivity index (χ3n) is 8.43. The van der Waals surface area contributed by atoms with E-state index in [1.807, 2.05) is 0 Å². The van der Waals surface area contributed by atoms with Crippen LogP contribution in [0.4, 0.5) is 0 Å². The van der Waals surface area contributed by atoms with Crippen LogP contribution in [0.15, 0.2) is 132 Å². The first-order valence-electron chi connectivity index (χ1n) is 14.1. The Kier molecular flexibility index (Phi) is 5.24. The third kappa shape index (κ3) is 3.62. The Bertz CT molecular complexity index is 2020. The SMILES string of the molecule is CC1C=Cc2oc3cc(-c4c5ccccc5c(-c5ccc(-c6ccccc6)cc5)c5ccccc45)ccc3c2C1. The van der Waals surface area contributed by atoms with Crippen molar-refractivity contribution in [1.29, 1.82) is 0 Å². The number of hydrogen-bond acceptors (Lipinski definition) is 1. The monoisotopic (exact) mass is 512 g/mol. The highest BCUT2D eigenvalue weighted by Gasteiger charge is 2.20. The Morgan fingerprint density at radius 3 is 1.70 bits per heavy atom. The van der Waals surface area contributed by atoms with Gasteiger partial charge in [0.1, 0.15) is 11.3 Å². The molecule has 0 saturated heterocycles. The molecule has 0 aliphatic heterocycles. The summed E-state index contributed by atoms with van der Waals surface area (Å²) < 4.78 is 6.38. The van der Waals surface area contributed by atoms with Crippen molar-refractivity contribution >= 4 is 38.6 Å². The van der Waals surface area contributed by atoms with Gasteiger partial charge in [0.25, 0.3) is 0 Å². The zero-order valence-electron chi connectivity index (χ0n) is 22.4. The molecule has 6 aromatic carbocycles. The van der Waals surface area contributed by atoms with Crippen LogP contribution in [0.25, 0.3) is 72.0 Å². The first-order chi connectivity index (χ1) is 19.7. The third-order valence-corrected chi connectivity index (χ3v) is 8.43. The van der Waals surface area contributed by atoms with Gasteiger partial charge in [-0.25, -0.2) is 0 Å². The largest absolute Gasteiger partial charge is 0.456 e. The van der Waals surface area contributed by atoms with Crippen LogP contribution < -0.4 is 0 Å². The quantitative estimate of drug-likeness (QED) is 0.215. The first-order valence-corrected chi connectivity index (χ1v) is 14.1. The highest BCUT2D eigenvalue weighted by molar-refractivity contribution is 6.21. The van der Waals surface area contributed by atoms with Crippen molar-refractivity contribution < 1.29 is 4.42 Å². The van der Waals surface area contributed by atoms with Crippen LogP contribution in [0.1, 0.15) is 18.2 Å². The van der Waals surface area contributed by atoms with Gasteiger partial charge in [-0.1, -0.05) is 128 Å². The Hall–Kier alpha value is -4.88. The van der Waals surface area contributed by atoms with Gasteiger partial charge in [0, 0.05) is 10.9 Å². The molecule has 1 heteroatoms. The molecule has 0 spiro atoms. The van der Waals surface area contributed by atoms with Crippen molar-refractivity contribution in [2.75, 3.05) is 0 Å². The first kappa shape index (κ1) is 23.0. The van der Waals surface area contributed by atoms with Crippen molar-refractivity contribution in [3.05, 3.63) is 139 Å². The summed E-state index contributed by atoms with van der Waals surface area (Å²) in [7, 11) is 0. The van der Waals surface area contributed by atoms with Gasteiger partial charge in [-0.15, -0.1) is 0 Å². The van der Waals surface area contributed by atoms with Crippen molar-refractivity contribution in [2.24, 2.45) is 5.92 Å². The van der Waals surface area contributed by atoms with Crippen LogP contribution in [0.5, 0.6) is 0 Å². The van der Waals surface area contributed by atoms with Crippen molar-refractivity contribution in [2.45, 2.75) is 13.3 Å². The van der Waals surface area contributed by atoms with Crippen LogP contribution in [0.3, 0.4) is 0 Å². The number of hydrogen-bond donors (Lipinski definition) is 0. The summed E-state index contributed by atoms with van der Waals surface area (Å²) in [6.45, 7) is 2.27. The number of rotatable bonds is 3. The normalized spacial score (nSPS) is 14.7. The molecule has 1 nitrogen and oxygen atoms in total. The maximum Gasteiger partial charge on any atom is 0.135 e. The summed E-state index contributed by atoms with van der Waals surface area (Å²) in [5, 5.41) is 6.28. The van der Waals surface area contributed by atoms with E-state index in [2.05, 4.69) is 140 Å². The molecular weight excluding hydrogens is 484 g/mol. The number of furan rings is 1. The van der Waals surface area contributed by atoms with Gasteiger partial charge in [0.2, 0.25) is 0 Å². The van der Waals surface area contributed by atoms with Gasteiger partial charge in [-0.2, -0.15) is 0 Å². The van der Waals surface area contributed by atoms with Gasteiger partial charge in [-0.05, 0) is 79.4 Å². The molecule has 0 radical (unpaired) electrons. The van der Waals surface area contributed by atoms with E-state index in [0.29, 0.717) is 5.92 Å². The summed E-state index contributed by atoms with van der Waals surface area (Å²) in [6, 6.07) is 44.1. The lowest BCUT2D eigenvalue weighted by Crippen LogP contribution is -2.00. The van der Waals surface area contributed by atoms with E-state index in [1.165, 1.54) is 65.9 Å². The molecule has 0 bridgehead atoms. The minimum atomic E-state index is 0.537. The van der Waals surface area contributed by atoms with Gasteiger partial charge in [0.05, 0.1) is 0 Å². The second-order valence-corrected chi connectivity index (χ2v) is 11.0. The summed E-state index contributed by atoms with van der Waals surface area (Å²) in [4.78, 5) is 0. The number of allylic oxidation sites excluding steroid dienone is 1. The zero-order chi connectivity index (χ0) is 26.6. The van der Waals surface area contributed by atoms with E-state index >= 15 is 0 Å². The Morgan fingerprint density at radius 2 is 1.05 bits per heavy atom. The van der Waals surface area contributed by atoms with Crippen molar-refractivity contribution in [3.8, 4) is 33.4 Å². The summed E-state index contributed by atoms with van der Waals surface area (Å²) >= 11 is 0. The van der Waals surface area contributed by atoms with Gasteiger partial charge < -0.3 is 4.42 Å². The van der Waals surface area contributed by atoms with Gasteiger partial charge in [-0.3, -0.25) is 0 Å². The molecule has 40 heavy (non-hydrogen) atoms. The lowest BCUT2D eigenvalue weighted by atomic mass is 9.85. The smallest absolute Gasteiger partial charge is 0.135 e. The fraction of sp³-hybridized carbons (Fsp3) is 0.0769. The average Bonchev–Trinajstić information content (AvgIpc) is 3.37. The van der Waals surface area contributed by atoms with E-state index in [-0.39, 0.29) is 0 Å². The maximum absolute atomic E-state index is 6.38. The topological polar surface area (TPSA) is 13.1 Å². The summed E-state index contributed by atoms with van der Waals surface area (Å²) in [6.07, 6.45) is 5.42. The minimum Gasteiger partial charge on any atom is -0.456 e. The predicted octanol–water partition coefficient (Wildman–Crippen LogP) is 10.9. The molecule has 1 aliphatic carbocycles. The van der Waals surface area contributed by atoms with Gasteiger partial charge >= 0.3 is 0 Å². The Morgan fingerprint density at radius 1 is 0.525 bits per heavy atom. The van der Waals surface area contributed by atoms with E-state index < -0.39 is 0 Å². The number of benzene rings is 6. The molecule has 0 N–H and O–H groups in total. The summed E-state index contributed by atoms with van der Waals surface area (Å²) in [5.41, 5.74) is 9.73.